The van der Waals surface area contributed by atoms with Gasteiger partial charge in [0.25, 0.3) is 5.97 Å². The molecule has 0 heterocycles. The maximum atomic E-state index is 8.69. The maximum Gasteiger partial charge on any atom is 0.283 e. The van der Waals surface area contributed by atoms with Crippen molar-refractivity contribution in [3.8, 4) is 0 Å². The lowest BCUT2D eigenvalue weighted by atomic mass is 9.86. The Kier molecular flexibility index (Phi) is 2.79. The SMILES string of the molecule is CCC(C)(CO)C(O)(O)O. The topological polar surface area (TPSA) is 80.9 Å². The summed E-state index contributed by atoms with van der Waals surface area (Å²) >= 11 is 0. The van der Waals surface area contributed by atoms with Gasteiger partial charge < -0.3 is 20.4 Å². The van der Waals surface area contributed by atoms with E-state index in [1.54, 1.807) is 6.92 Å². The molecule has 4 nitrogen and oxygen atoms in total. The average Bonchev–Trinajstić information content (AvgIpc) is 1.84. The maximum absolute atomic E-state index is 8.69. The molecule has 4 heteroatoms. The summed E-state index contributed by atoms with van der Waals surface area (Å²) in [5.74, 6) is -2.80. The summed E-state index contributed by atoms with van der Waals surface area (Å²) in [5, 5.41) is 34.7. The van der Waals surface area contributed by atoms with Crippen molar-refractivity contribution < 1.29 is 20.4 Å². The lowest BCUT2D eigenvalue weighted by Crippen LogP contribution is -2.48. The van der Waals surface area contributed by atoms with E-state index in [9.17, 15) is 0 Å². The first-order valence-corrected chi connectivity index (χ1v) is 3.15. The molecule has 0 fully saturated rings. The second-order valence-corrected chi connectivity index (χ2v) is 2.71. The van der Waals surface area contributed by atoms with Crippen molar-refractivity contribution in [2.24, 2.45) is 5.41 Å². The second kappa shape index (κ2) is 2.84. The van der Waals surface area contributed by atoms with Gasteiger partial charge in [0, 0.05) is 0 Å². The number of hydrogen-bond acceptors (Lipinski definition) is 4. The Labute approximate surface area is 59.7 Å². The van der Waals surface area contributed by atoms with Gasteiger partial charge in [-0.15, -0.1) is 0 Å². The van der Waals surface area contributed by atoms with Crippen molar-refractivity contribution in [2.45, 2.75) is 26.2 Å². The first kappa shape index (κ1) is 9.84. The van der Waals surface area contributed by atoms with E-state index in [4.69, 9.17) is 20.4 Å². The number of aliphatic hydroxyl groups excluding tert-OH is 1. The fraction of sp³-hybridized carbons (Fsp3) is 1.00. The fourth-order valence-corrected chi connectivity index (χ4v) is 0.455. The second-order valence-electron chi connectivity index (χ2n) is 2.71. The predicted octanol–water partition coefficient (Wildman–Crippen LogP) is -0.974. The third-order valence-corrected chi connectivity index (χ3v) is 1.94. The van der Waals surface area contributed by atoms with Gasteiger partial charge in [-0.05, 0) is 13.3 Å². The number of rotatable bonds is 3. The molecular formula is C6H14O4. The third-order valence-electron chi connectivity index (χ3n) is 1.94. The molecule has 0 saturated heterocycles. The molecule has 0 saturated carbocycles. The highest BCUT2D eigenvalue weighted by Gasteiger charge is 2.42. The van der Waals surface area contributed by atoms with E-state index in [0.29, 0.717) is 0 Å². The third kappa shape index (κ3) is 1.67. The summed E-state index contributed by atoms with van der Waals surface area (Å²) in [5.41, 5.74) is -1.26. The van der Waals surface area contributed by atoms with E-state index in [1.807, 2.05) is 0 Å². The van der Waals surface area contributed by atoms with Crippen molar-refractivity contribution in [3.05, 3.63) is 0 Å². The minimum Gasteiger partial charge on any atom is -0.395 e. The lowest BCUT2D eigenvalue weighted by molar-refractivity contribution is -0.376. The first-order chi connectivity index (χ1) is 4.37. The molecule has 4 N–H and O–H groups in total. The normalized spacial score (nSPS) is 18.6. The van der Waals surface area contributed by atoms with Crippen LogP contribution in [0.1, 0.15) is 20.3 Å². The first-order valence-electron chi connectivity index (χ1n) is 3.15. The van der Waals surface area contributed by atoms with Crippen LogP contribution in [0.3, 0.4) is 0 Å². The van der Waals surface area contributed by atoms with Gasteiger partial charge in [-0.2, -0.15) is 0 Å². The van der Waals surface area contributed by atoms with E-state index in [1.165, 1.54) is 6.92 Å². The highest BCUT2D eigenvalue weighted by Crippen LogP contribution is 2.29. The minimum atomic E-state index is -2.80. The highest BCUT2D eigenvalue weighted by molar-refractivity contribution is 4.77. The van der Waals surface area contributed by atoms with Crippen LogP contribution in [0.4, 0.5) is 0 Å². The van der Waals surface area contributed by atoms with E-state index in [0.717, 1.165) is 0 Å². The van der Waals surface area contributed by atoms with Crippen LogP contribution in [-0.2, 0) is 0 Å². The van der Waals surface area contributed by atoms with Gasteiger partial charge in [0.2, 0.25) is 0 Å². The standard InChI is InChI=1S/C6H14O4/c1-3-5(2,4-7)6(8,9)10/h7-10H,3-4H2,1-2H3. The van der Waals surface area contributed by atoms with Gasteiger partial charge >= 0.3 is 0 Å². The Hall–Kier alpha value is -0.160. The smallest absolute Gasteiger partial charge is 0.283 e. The Morgan fingerprint density at radius 2 is 1.60 bits per heavy atom. The molecule has 0 aliphatic carbocycles. The zero-order valence-electron chi connectivity index (χ0n) is 6.20. The molecule has 0 aliphatic heterocycles. The number of hydrogen-bond donors (Lipinski definition) is 4. The molecule has 0 aromatic carbocycles. The van der Waals surface area contributed by atoms with Crippen molar-refractivity contribution in [2.75, 3.05) is 6.61 Å². The Morgan fingerprint density at radius 1 is 1.20 bits per heavy atom. The summed E-state index contributed by atoms with van der Waals surface area (Å²) in [6, 6.07) is 0. The zero-order chi connectivity index (χ0) is 8.41. The molecule has 0 aliphatic rings. The molecule has 0 bridgehead atoms. The van der Waals surface area contributed by atoms with Crippen LogP contribution in [0.2, 0.25) is 0 Å². The van der Waals surface area contributed by atoms with Crippen LogP contribution in [-0.4, -0.2) is 33.0 Å². The van der Waals surface area contributed by atoms with Gasteiger partial charge in [0.05, 0.1) is 12.0 Å². The molecule has 0 rings (SSSR count). The molecule has 0 amide bonds. The van der Waals surface area contributed by atoms with E-state index >= 15 is 0 Å². The fourth-order valence-electron chi connectivity index (χ4n) is 0.455. The van der Waals surface area contributed by atoms with E-state index < -0.39 is 18.0 Å². The molecule has 1 atom stereocenters. The molecule has 0 aromatic rings. The quantitative estimate of drug-likeness (QED) is 0.390. The predicted molar refractivity (Wildman–Crippen MR) is 34.9 cm³/mol. The lowest BCUT2D eigenvalue weighted by Gasteiger charge is -2.33. The van der Waals surface area contributed by atoms with Crippen molar-refractivity contribution in [1.29, 1.82) is 0 Å². The Bertz CT molecular complexity index is 101. The van der Waals surface area contributed by atoms with Crippen LogP contribution in [0, 0.1) is 5.41 Å². The number of aliphatic hydroxyl groups is 4. The van der Waals surface area contributed by atoms with Crippen LogP contribution < -0.4 is 0 Å². The van der Waals surface area contributed by atoms with Crippen molar-refractivity contribution in [3.63, 3.8) is 0 Å². The van der Waals surface area contributed by atoms with Gasteiger partial charge in [-0.1, -0.05) is 6.92 Å². The summed E-state index contributed by atoms with van der Waals surface area (Å²) in [4.78, 5) is 0. The summed E-state index contributed by atoms with van der Waals surface area (Å²) in [7, 11) is 0. The summed E-state index contributed by atoms with van der Waals surface area (Å²) < 4.78 is 0. The molecule has 0 spiro atoms. The van der Waals surface area contributed by atoms with Crippen molar-refractivity contribution in [1.82, 2.24) is 0 Å². The highest BCUT2D eigenvalue weighted by atomic mass is 16.7. The Balaban J connectivity index is 4.33. The summed E-state index contributed by atoms with van der Waals surface area (Å²) in [6.07, 6.45) is 0.285. The van der Waals surface area contributed by atoms with Gasteiger partial charge in [-0.25, -0.2) is 0 Å². The van der Waals surface area contributed by atoms with Crippen LogP contribution in [0.25, 0.3) is 0 Å². The molecule has 0 aromatic heterocycles. The average molecular weight is 150 g/mol. The largest absolute Gasteiger partial charge is 0.395 e. The van der Waals surface area contributed by atoms with Crippen LogP contribution in [0.15, 0.2) is 0 Å². The minimum absolute atomic E-state index is 0.285. The van der Waals surface area contributed by atoms with Gasteiger partial charge in [0.1, 0.15) is 0 Å². The van der Waals surface area contributed by atoms with Gasteiger partial charge in [0.15, 0.2) is 0 Å². The van der Waals surface area contributed by atoms with E-state index in [2.05, 4.69) is 0 Å². The van der Waals surface area contributed by atoms with E-state index in [-0.39, 0.29) is 6.42 Å². The van der Waals surface area contributed by atoms with Crippen LogP contribution in [0.5, 0.6) is 0 Å². The molecule has 10 heavy (non-hydrogen) atoms. The Morgan fingerprint density at radius 3 is 1.60 bits per heavy atom. The zero-order valence-corrected chi connectivity index (χ0v) is 6.20. The molecule has 0 radical (unpaired) electrons. The molecule has 62 valence electrons. The van der Waals surface area contributed by atoms with Gasteiger partial charge in [-0.3, -0.25) is 0 Å². The molecule has 1 unspecified atom stereocenters. The van der Waals surface area contributed by atoms with Crippen molar-refractivity contribution >= 4 is 0 Å². The monoisotopic (exact) mass is 150 g/mol. The summed E-state index contributed by atoms with van der Waals surface area (Å²) in [6.45, 7) is 2.56. The van der Waals surface area contributed by atoms with Crippen LogP contribution >= 0.6 is 0 Å². The molecular weight excluding hydrogens is 136 g/mol.